The van der Waals surface area contributed by atoms with Gasteiger partial charge in [0.15, 0.2) is 0 Å². The summed E-state index contributed by atoms with van der Waals surface area (Å²) in [5, 5.41) is 13.5. The number of likely N-dealkylation sites (tertiary alicyclic amines) is 1. The van der Waals surface area contributed by atoms with E-state index in [2.05, 4.69) is 5.32 Å². The Labute approximate surface area is 131 Å². The average Bonchev–Trinajstić information content (AvgIpc) is 2.48. The van der Waals surface area contributed by atoms with Crippen molar-refractivity contribution < 1.29 is 9.90 Å². The number of carbonyl (C=O) groups is 1. The normalized spacial score (nSPS) is 20.2. The lowest BCUT2D eigenvalue weighted by molar-refractivity contribution is 0.0467. The second-order valence-electron chi connectivity index (χ2n) is 5.61. The van der Waals surface area contributed by atoms with Crippen molar-refractivity contribution in [2.75, 3.05) is 25.0 Å². The molecule has 1 amide bonds. The first-order valence-electron chi connectivity index (χ1n) is 7.53. The number of nitrogens with zero attached hydrogens (tertiary/aromatic N) is 1. The van der Waals surface area contributed by atoms with Gasteiger partial charge < -0.3 is 15.3 Å². The summed E-state index contributed by atoms with van der Waals surface area (Å²) in [5.41, 5.74) is 1.42. The van der Waals surface area contributed by atoms with Gasteiger partial charge in [-0.3, -0.25) is 4.79 Å². The van der Waals surface area contributed by atoms with Crippen LogP contribution < -0.4 is 5.32 Å². The molecule has 0 bridgehead atoms. The number of hydrogen-bond acceptors (Lipinski definition) is 3. The predicted octanol–water partition coefficient (Wildman–Crippen LogP) is 3.00. The monoisotopic (exact) mass is 310 g/mol. The maximum atomic E-state index is 12.8. The molecule has 116 valence electrons. The SMILES string of the molecule is CCNc1ccc(Cl)cc1C(=O)N1CCC[C@H]([C@H](C)O)C1. The smallest absolute Gasteiger partial charge is 0.256 e. The summed E-state index contributed by atoms with van der Waals surface area (Å²) in [6.07, 6.45) is 1.52. The summed E-state index contributed by atoms with van der Waals surface area (Å²) in [7, 11) is 0. The Kier molecular flexibility index (Phi) is 5.48. The van der Waals surface area contributed by atoms with Crippen molar-refractivity contribution in [3.63, 3.8) is 0 Å². The van der Waals surface area contributed by atoms with Gasteiger partial charge in [0.2, 0.25) is 0 Å². The Balaban J connectivity index is 2.20. The van der Waals surface area contributed by atoms with Crippen LogP contribution in [-0.4, -0.2) is 41.7 Å². The third-order valence-corrected chi connectivity index (χ3v) is 4.24. The van der Waals surface area contributed by atoms with Crippen LogP contribution in [0.3, 0.4) is 0 Å². The summed E-state index contributed by atoms with van der Waals surface area (Å²) in [5.74, 6) is 0.142. The van der Waals surface area contributed by atoms with E-state index in [1.807, 2.05) is 17.9 Å². The summed E-state index contributed by atoms with van der Waals surface area (Å²) < 4.78 is 0. The number of piperidine rings is 1. The van der Waals surface area contributed by atoms with Gasteiger partial charge in [0, 0.05) is 36.3 Å². The lowest BCUT2D eigenvalue weighted by Gasteiger charge is -2.34. The van der Waals surface area contributed by atoms with Crippen molar-refractivity contribution in [3.05, 3.63) is 28.8 Å². The average molecular weight is 311 g/mol. The van der Waals surface area contributed by atoms with E-state index in [1.54, 1.807) is 19.1 Å². The van der Waals surface area contributed by atoms with Crippen molar-refractivity contribution >= 4 is 23.2 Å². The Hall–Kier alpha value is -1.26. The molecule has 0 saturated carbocycles. The first-order chi connectivity index (χ1) is 10.0. The second kappa shape index (κ2) is 7.14. The van der Waals surface area contributed by atoms with E-state index in [4.69, 9.17) is 11.6 Å². The highest BCUT2D eigenvalue weighted by atomic mass is 35.5. The minimum atomic E-state index is -0.381. The lowest BCUT2D eigenvalue weighted by Crippen LogP contribution is -2.43. The van der Waals surface area contributed by atoms with E-state index in [9.17, 15) is 9.90 Å². The molecule has 0 unspecified atom stereocenters. The van der Waals surface area contributed by atoms with Crippen molar-refractivity contribution in [2.24, 2.45) is 5.92 Å². The van der Waals surface area contributed by atoms with Crippen molar-refractivity contribution in [1.29, 1.82) is 0 Å². The highest BCUT2D eigenvalue weighted by molar-refractivity contribution is 6.31. The topological polar surface area (TPSA) is 52.6 Å². The molecule has 0 spiro atoms. The summed E-state index contributed by atoms with van der Waals surface area (Å²) in [4.78, 5) is 14.6. The Morgan fingerprint density at radius 2 is 2.33 bits per heavy atom. The molecule has 1 aromatic carbocycles. The first kappa shape index (κ1) is 16.1. The van der Waals surface area contributed by atoms with Gasteiger partial charge >= 0.3 is 0 Å². The third-order valence-electron chi connectivity index (χ3n) is 4.01. The van der Waals surface area contributed by atoms with Crippen LogP contribution in [0.4, 0.5) is 5.69 Å². The van der Waals surface area contributed by atoms with Gasteiger partial charge in [0.1, 0.15) is 0 Å². The highest BCUT2D eigenvalue weighted by Gasteiger charge is 2.28. The number of amides is 1. The molecule has 2 atom stereocenters. The fourth-order valence-electron chi connectivity index (χ4n) is 2.80. The molecule has 0 radical (unpaired) electrons. The van der Waals surface area contributed by atoms with Crippen molar-refractivity contribution in [1.82, 2.24) is 4.90 Å². The van der Waals surface area contributed by atoms with Crippen LogP contribution in [0.5, 0.6) is 0 Å². The van der Waals surface area contributed by atoms with Crippen molar-refractivity contribution in [2.45, 2.75) is 32.8 Å². The molecule has 1 aliphatic rings. The maximum absolute atomic E-state index is 12.8. The maximum Gasteiger partial charge on any atom is 0.256 e. The molecule has 0 aliphatic carbocycles. The molecule has 1 aliphatic heterocycles. The Morgan fingerprint density at radius 3 is 3.00 bits per heavy atom. The Bertz CT molecular complexity index is 505. The zero-order chi connectivity index (χ0) is 15.4. The molecule has 0 aromatic heterocycles. The number of carbonyl (C=O) groups excluding carboxylic acids is 1. The molecule has 4 nitrogen and oxygen atoms in total. The Morgan fingerprint density at radius 1 is 1.57 bits per heavy atom. The quantitative estimate of drug-likeness (QED) is 0.899. The lowest BCUT2D eigenvalue weighted by atomic mass is 9.93. The first-order valence-corrected chi connectivity index (χ1v) is 7.91. The van der Waals surface area contributed by atoms with E-state index in [0.29, 0.717) is 17.1 Å². The van der Waals surface area contributed by atoms with Crippen LogP contribution in [-0.2, 0) is 0 Å². The van der Waals surface area contributed by atoms with Gasteiger partial charge in [0.05, 0.1) is 11.7 Å². The summed E-state index contributed by atoms with van der Waals surface area (Å²) in [6, 6.07) is 5.34. The molecule has 2 rings (SSSR count). The van der Waals surface area contributed by atoms with E-state index in [-0.39, 0.29) is 17.9 Å². The number of aliphatic hydroxyl groups is 1. The zero-order valence-corrected chi connectivity index (χ0v) is 13.4. The molecule has 1 aromatic rings. The second-order valence-corrected chi connectivity index (χ2v) is 6.05. The minimum Gasteiger partial charge on any atom is -0.393 e. The summed E-state index contributed by atoms with van der Waals surface area (Å²) >= 11 is 6.04. The molecule has 1 heterocycles. The van der Waals surface area contributed by atoms with E-state index >= 15 is 0 Å². The van der Waals surface area contributed by atoms with E-state index in [0.717, 1.165) is 31.6 Å². The number of hydrogen-bond donors (Lipinski definition) is 2. The number of halogens is 1. The molecule has 2 N–H and O–H groups in total. The molecule has 21 heavy (non-hydrogen) atoms. The van der Waals surface area contributed by atoms with Gasteiger partial charge in [-0.05, 0) is 44.9 Å². The van der Waals surface area contributed by atoms with Gasteiger partial charge in [-0.15, -0.1) is 0 Å². The van der Waals surface area contributed by atoms with Crippen LogP contribution in [0, 0.1) is 5.92 Å². The summed E-state index contributed by atoms with van der Waals surface area (Å²) in [6.45, 7) is 5.88. The van der Waals surface area contributed by atoms with Crippen LogP contribution in [0.15, 0.2) is 18.2 Å². The molecular weight excluding hydrogens is 288 g/mol. The van der Waals surface area contributed by atoms with Crippen LogP contribution in [0.2, 0.25) is 5.02 Å². The zero-order valence-electron chi connectivity index (χ0n) is 12.6. The fourth-order valence-corrected chi connectivity index (χ4v) is 2.97. The van der Waals surface area contributed by atoms with Crippen LogP contribution >= 0.6 is 11.6 Å². The number of anilines is 1. The van der Waals surface area contributed by atoms with Crippen molar-refractivity contribution in [3.8, 4) is 0 Å². The van der Waals surface area contributed by atoms with E-state index in [1.165, 1.54) is 0 Å². The molecule has 5 heteroatoms. The van der Waals surface area contributed by atoms with Crippen LogP contribution in [0.25, 0.3) is 0 Å². The predicted molar refractivity (Wildman–Crippen MR) is 85.9 cm³/mol. The van der Waals surface area contributed by atoms with Gasteiger partial charge in [-0.2, -0.15) is 0 Å². The third kappa shape index (κ3) is 3.89. The molecule has 1 saturated heterocycles. The fraction of sp³-hybridized carbons (Fsp3) is 0.562. The van der Waals surface area contributed by atoms with Gasteiger partial charge in [-0.25, -0.2) is 0 Å². The highest BCUT2D eigenvalue weighted by Crippen LogP contribution is 2.26. The number of rotatable bonds is 4. The minimum absolute atomic E-state index is 0.0150. The largest absolute Gasteiger partial charge is 0.393 e. The van der Waals surface area contributed by atoms with E-state index < -0.39 is 0 Å². The molecular formula is C16H23ClN2O2. The standard InChI is InChI=1S/C16H23ClN2O2/c1-3-18-15-7-6-13(17)9-14(15)16(21)19-8-4-5-12(10-19)11(2)20/h6-7,9,11-12,18,20H,3-5,8,10H2,1-2H3/t11-,12-/m0/s1. The molecule has 1 fully saturated rings. The van der Waals surface area contributed by atoms with Gasteiger partial charge in [0.25, 0.3) is 5.91 Å². The number of benzene rings is 1. The number of aliphatic hydroxyl groups excluding tert-OH is 1. The number of nitrogens with one attached hydrogen (secondary N) is 1. The van der Waals surface area contributed by atoms with Gasteiger partial charge in [-0.1, -0.05) is 11.6 Å². The van der Waals surface area contributed by atoms with Crippen LogP contribution in [0.1, 0.15) is 37.0 Å².